The maximum atomic E-state index is 11.7. The molecule has 6 heteroatoms. The van der Waals surface area contributed by atoms with Gasteiger partial charge in [-0.05, 0) is 36.4 Å². The molecule has 4 rings (SSSR count). The highest BCUT2D eigenvalue weighted by Gasteiger charge is 2.37. The highest BCUT2D eigenvalue weighted by Crippen LogP contribution is 2.38. The Balaban J connectivity index is 1.47. The third-order valence-electron chi connectivity index (χ3n) is 4.11. The van der Waals surface area contributed by atoms with Crippen LogP contribution in [-0.4, -0.2) is 38.7 Å². The van der Waals surface area contributed by atoms with E-state index in [-0.39, 0.29) is 5.91 Å². The zero-order chi connectivity index (χ0) is 16.5. The van der Waals surface area contributed by atoms with Crippen molar-refractivity contribution in [1.29, 1.82) is 0 Å². The second-order valence-corrected chi connectivity index (χ2v) is 5.56. The molecule has 0 unspecified atom stereocenters. The van der Waals surface area contributed by atoms with Crippen LogP contribution in [0.25, 0.3) is 0 Å². The van der Waals surface area contributed by atoms with Crippen molar-refractivity contribution in [2.24, 2.45) is 4.99 Å². The van der Waals surface area contributed by atoms with Crippen molar-refractivity contribution in [2.45, 2.75) is 0 Å². The van der Waals surface area contributed by atoms with Crippen LogP contribution >= 0.6 is 0 Å². The molecule has 0 fully saturated rings. The highest BCUT2D eigenvalue weighted by atomic mass is 16.5. The van der Waals surface area contributed by atoms with Crippen molar-refractivity contribution in [1.82, 2.24) is 0 Å². The first-order valence-corrected chi connectivity index (χ1v) is 7.79. The summed E-state index contributed by atoms with van der Waals surface area (Å²) >= 11 is 0. The van der Waals surface area contributed by atoms with Crippen LogP contribution < -0.4 is 19.3 Å². The number of carbonyl (C=O) groups excluding carboxylic acids is 1. The molecule has 0 radical (unpaired) electrons. The van der Waals surface area contributed by atoms with Crippen molar-refractivity contribution < 1.29 is 14.3 Å². The van der Waals surface area contributed by atoms with Crippen LogP contribution in [0, 0.1) is 0 Å². The number of anilines is 2. The second-order valence-electron chi connectivity index (χ2n) is 5.56. The summed E-state index contributed by atoms with van der Waals surface area (Å²) in [4.78, 5) is 19.8. The number of guanidine groups is 1. The molecule has 0 saturated carbocycles. The number of methoxy groups -OCH3 is 1. The Hall–Kier alpha value is -3.02. The minimum absolute atomic E-state index is 0.111. The van der Waals surface area contributed by atoms with Crippen LogP contribution in [0.2, 0.25) is 0 Å². The number of amides is 1. The molecule has 2 aromatic rings. The van der Waals surface area contributed by atoms with Crippen LogP contribution in [0.1, 0.15) is 0 Å². The smallest absolute Gasteiger partial charge is 0.268 e. The molecule has 0 atom stereocenters. The highest BCUT2D eigenvalue weighted by molar-refractivity contribution is 6.24. The first kappa shape index (κ1) is 14.6. The Kier molecular flexibility index (Phi) is 3.57. The number of nitrogens with zero attached hydrogens (tertiary/aromatic N) is 3. The molecule has 0 aromatic heterocycles. The lowest BCUT2D eigenvalue weighted by molar-refractivity contribution is -0.115. The summed E-state index contributed by atoms with van der Waals surface area (Å²) in [7, 11) is 1.63. The number of aliphatic imine (C=N–C) groups is 1. The molecule has 0 saturated heterocycles. The van der Waals surface area contributed by atoms with Gasteiger partial charge in [0.1, 0.15) is 24.7 Å². The topological polar surface area (TPSA) is 54.4 Å². The number of hydrogen-bond acceptors (Lipinski definition) is 5. The van der Waals surface area contributed by atoms with E-state index in [9.17, 15) is 4.79 Å². The first-order chi connectivity index (χ1) is 11.8. The molecule has 2 aliphatic heterocycles. The molecule has 2 aliphatic rings. The van der Waals surface area contributed by atoms with E-state index in [0.29, 0.717) is 25.7 Å². The van der Waals surface area contributed by atoms with Gasteiger partial charge in [0.15, 0.2) is 0 Å². The fourth-order valence-electron chi connectivity index (χ4n) is 2.99. The quantitative estimate of drug-likeness (QED) is 0.845. The molecule has 0 aliphatic carbocycles. The molecule has 122 valence electrons. The third kappa shape index (κ3) is 2.46. The number of carbonyl (C=O) groups is 1. The number of ether oxygens (including phenoxy) is 2. The Morgan fingerprint density at radius 2 is 1.75 bits per heavy atom. The van der Waals surface area contributed by atoms with E-state index in [1.54, 1.807) is 7.11 Å². The van der Waals surface area contributed by atoms with E-state index >= 15 is 0 Å². The van der Waals surface area contributed by atoms with Crippen molar-refractivity contribution in [2.75, 3.05) is 36.6 Å². The Morgan fingerprint density at radius 1 is 1.04 bits per heavy atom. The van der Waals surface area contributed by atoms with Crippen molar-refractivity contribution in [3.05, 3.63) is 48.5 Å². The Labute approximate surface area is 139 Å². The SMILES string of the molecule is COc1ccc(OCCN2C3=NC(=O)CN3c3ccccc32)cc1. The van der Waals surface area contributed by atoms with E-state index in [1.807, 2.05) is 58.3 Å². The summed E-state index contributed by atoms with van der Waals surface area (Å²) in [6.45, 7) is 1.41. The predicted octanol–water partition coefficient (Wildman–Crippen LogP) is 2.30. The molecule has 2 aromatic carbocycles. The maximum absolute atomic E-state index is 11.7. The van der Waals surface area contributed by atoms with Crippen LogP contribution in [0.3, 0.4) is 0 Å². The molecule has 0 N–H and O–H groups in total. The lowest BCUT2D eigenvalue weighted by atomic mass is 10.2. The molecule has 6 nitrogen and oxygen atoms in total. The predicted molar refractivity (Wildman–Crippen MR) is 92.1 cm³/mol. The van der Waals surface area contributed by atoms with E-state index in [1.165, 1.54) is 0 Å². The Morgan fingerprint density at radius 3 is 2.50 bits per heavy atom. The zero-order valence-electron chi connectivity index (χ0n) is 13.3. The molecule has 24 heavy (non-hydrogen) atoms. The van der Waals surface area contributed by atoms with Gasteiger partial charge in [0, 0.05) is 0 Å². The summed E-state index contributed by atoms with van der Waals surface area (Å²) in [6, 6.07) is 15.5. The summed E-state index contributed by atoms with van der Waals surface area (Å²) in [5.74, 6) is 2.16. The van der Waals surface area contributed by atoms with E-state index in [0.717, 1.165) is 22.9 Å². The normalized spacial score (nSPS) is 15.2. The standard InChI is InChI=1S/C18H17N3O3/c1-23-13-6-8-14(9-7-13)24-11-10-20-15-4-2-3-5-16(15)21-12-17(22)19-18(20)21/h2-9H,10-12H2,1H3. The molecule has 0 bridgehead atoms. The number of rotatable bonds is 5. The molecule has 0 spiro atoms. The summed E-state index contributed by atoms with van der Waals surface area (Å²) in [5, 5.41) is 0. The van der Waals surface area contributed by atoms with E-state index in [4.69, 9.17) is 9.47 Å². The van der Waals surface area contributed by atoms with Gasteiger partial charge >= 0.3 is 0 Å². The molecular weight excluding hydrogens is 306 g/mol. The fraction of sp³-hybridized carbons (Fsp3) is 0.222. The zero-order valence-corrected chi connectivity index (χ0v) is 13.3. The minimum Gasteiger partial charge on any atom is -0.497 e. The van der Waals surface area contributed by atoms with Gasteiger partial charge in [0.2, 0.25) is 5.96 Å². The maximum Gasteiger partial charge on any atom is 0.268 e. The fourth-order valence-corrected chi connectivity index (χ4v) is 2.99. The first-order valence-electron chi connectivity index (χ1n) is 7.79. The van der Waals surface area contributed by atoms with Gasteiger partial charge in [-0.15, -0.1) is 0 Å². The van der Waals surface area contributed by atoms with Gasteiger partial charge < -0.3 is 19.3 Å². The van der Waals surface area contributed by atoms with Gasteiger partial charge in [-0.1, -0.05) is 12.1 Å². The largest absolute Gasteiger partial charge is 0.497 e. The van der Waals surface area contributed by atoms with Gasteiger partial charge in [-0.3, -0.25) is 4.79 Å². The minimum atomic E-state index is -0.111. The van der Waals surface area contributed by atoms with E-state index in [2.05, 4.69) is 4.99 Å². The van der Waals surface area contributed by atoms with Crippen molar-refractivity contribution in [3.8, 4) is 11.5 Å². The van der Waals surface area contributed by atoms with E-state index < -0.39 is 0 Å². The van der Waals surface area contributed by atoms with Crippen LogP contribution in [0.5, 0.6) is 11.5 Å². The van der Waals surface area contributed by atoms with Gasteiger partial charge in [0.05, 0.1) is 25.0 Å². The monoisotopic (exact) mass is 323 g/mol. The van der Waals surface area contributed by atoms with Gasteiger partial charge in [-0.2, -0.15) is 4.99 Å². The van der Waals surface area contributed by atoms with Crippen molar-refractivity contribution >= 4 is 23.2 Å². The summed E-state index contributed by atoms with van der Waals surface area (Å²) in [6.07, 6.45) is 0. The lowest BCUT2D eigenvalue weighted by Gasteiger charge is -2.19. The lowest BCUT2D eigenvalue weighted by Crippen LogP contribution is -2.37. The third-order valence-corrected chi connectivity index (χ3v) is 4.11. The van der Waals surface area contributed by atoms with Gasteiger partial charge in [-0.25, -0.2) is 0 Å². The second kappa shape index (κ2) is 5.88. The summed E-state index contributed by atoms with van der Waals surface area (Å²) in [5.41, 5.74) is 2.08. The van der Waals surface area contributed by atoms with Crippen LogP contribution in [0.4, 0.5) is 11.4 Å². The number of hydrogen-bond donors (Lipinski definition) is 0. The Bertz CT molecular complexity index is 801. The molecule has 1 amide bonds. The van der Waals surface area contributed by atoms with Crippen molar-refractivity contribution in [3.63, 3.8) is 0 Å². The molecule has 2 heterocycles. The number of benzene rings is 2. The average Bonchev–Trinajstić information content (AvgIpc) is 3.12. The number of para-hydroxylation sites is 2. The van der Waals surface area contributed by atoms with Crippen LogP contribution in [0.15, 0.2) is 53.5 Å². The molecular formula is C18H17N3O3. The number of fused-ring (bicyclic) bond motifs is 3. The average molecular weight is 323 g/mol. The van der Waals surface area contributed by atoms with Crippen LogP contribution in [-0.2, 0) is 4.79 Å². The summed E-state index contributed by atoms with van der Waals surface area (Å²) < 4.78 is 10.9. The van der Waals surface area contributed by atoms with Gasteiger partial charge in [0.25, 0.3) is 5.91 Å².